The second-order valence-corrected chi connectivity index (χ2v) is 5.96. The van der Waals surface area contributed by atoms with Crippen molar-refractivity contribution in [1.29, 1.82) is 0 Å². The summed E-state index contributed by atoms with van der Waals surface area (Å²) in [5, 5.41) is 3.35. The van der Waals surface area contributed by atoms with E-state index in [-0.39, 0.29) is 5.97 Å². The van der Waals surface area contributed by atoms with Crippen molar-refractivity contribution >= 4 is 5.97 Å². The lowest BCUT2D eigenvalue weighted by atomic mass is 10.00. The molecule has 0 aromatic heterocycles. The van der Waals surface area contributed by atoms with Crippen LogP contribution in [0.3, 0.4) is 0 Å². The van der Waals surface area contributed by atoms with Gasteiger partial charge >= 0.3 is 5.97 Å². The first-order valence-corrected chi connectivity index (χ1v) is 7.76. The molecule has 0 spiro atoms. The molecule has 1 aliphatic heterocycles. The number of nitrogens with one attached hydrogen (secondary N) is 1. The van der Waals surface area contributed by atoms with Crippen LogP contribution in [0, 0.1) is 0 Å². The average Bonchev–Trinajstić information content (AvgIpc) is 2.44. The van der Waals surface area contributed by atoms with Gasteiger partial charge in [-0.15, -0.1) is 0 Å². The number of carbonyl (C=O) groups excluding carboxylic acids is 1. The third-order valence-corrected chi connectivity index (χ3v) is 4.20. The Morgan fingerprint density at radius 3 is 2.60 bits per heavy atom. The second-order valence-electron chi connectivity index (χ2n) is 5.96. The zero-order valence-corrected chi connectivity index (χ0v) is 13.7. The molecule has 1 aliphatic rings. The van der Waals surface area contributed by atoms with Crippen LogP contribution in [0.15, 0.2) is 0 Å². The molecule has 0 radical (unpaired) electrons. The molecule has 1 N–H and O–H groups in total. The van der Waals surface area contributed by atoms with Crippen LogP contribution in [0.2, 0.25) is 0 Å². The molecule has 0 aromatic carbocycles. The molecule has 2 unspecified atom stereocenters. The van der Waals surface area contributed by atoms with Crippen molar-refractivity contribution in [3.05, 3.63) is 0 Å². The summed E-state index contributed by atoms with van der Waals surface area (Å²) >= 11 is 0. The molecule has 0 bridgehead atoms. The Hall–Kier alpha value is -0.650. The Kier molecular flexibility index (Phi) is 6.92. The van der Waals surface area contributed by atoms with Crippen LogP contribution in [0.5, 0.6) is 0 Å². The third-order valence-electron chi connectivity index (χ3n) is 4.20. The number of esters is 1. The van der Waals surface area contributed by atoms with Gasteiger partial charge in [0.2, 0.25) is 0 Å². The monoisotopic (exact) mass is 285 g/mol. The van der Waals surface area contributed by atoms with Gasteiger partial charge in [0, 0.05) is 32.2 Å². The molecule has 118 valence electrons. The highest BCUT2D eigenvalue weighted by Gasteiger charge is 2.37. The fourth-order valence-electron chi connectivity index (χ4n) is 2.95. The SMILES string of the molecule is CCCNC(C)(CN1CCN(CC)C(C)C1)C(=O)OC. The number of hydrogen-bond donors (Lipinski definition) is 1. The van der Waals surface area contributed by atoms with E-state index >= 15 is 0 Å². The van der Waals surface area contributed by atoms with Gasteiger partial charge in [0.1, 0.15) is 5.54 Å². The highest BCUT2D eigenvalue weighted by atomic mass is 16.5. The maximum Gasteiger partial charge on any atom is 0.327 e. The smallest absolute Gasteiger partial charge is 0.327 e. The van der Waals surface area contributed by atoms with E-state index in [0.717, 1.165) is 39.1 Å². The Bertz CT molecular complexity index is 311. The van der Waals surface area contributed by atoms with Crippen molar-refractivity contribution in [3.63, 3.8) is 0 Å². The summed E-state index contributed by atoms with van der Waals surface area (Å²) in [5.41, 5.74) is -0.612. The van der Waals surface area contributed by atoms with E-state index < -0.39 is 5.54 Å². The summed E-state index contributed by atoms with van der Waals surface area (Å²) in [6, 6.07) is 0.543. The number of rotatable bonds is 7. The summed E-state index contributed by atoms with van der Waals surface area (Å²) in [5.74, 6) is -0.170. The Labute approximate surface area is 123 Å². The molecule has 0 aromatic rings. The predicted molar refractivity (Wildman–Crippen MR) is 81.9 cm³/mol. The van der Waals surface area contributed by atoms with Crippen LogP contribution in [-0.2, 0) is 9.53 Å². The molecule has 5 heteroatoms. The quantitative estimate of drug-likeness (QED) is 0.706. The molecule has 2 atom stereocenters. The summed E-state index contributed by atoms with van der Waals surface area (Å²) in [4.78, 5) is 16.9. The summed E-state index contributed by atoms with van der Waals surface area (Å²) in [7, 11) is 1.46. The first-order chi connectivity index (χ1) is 9.46. The van der Waals surface area contributed by atoms with Gasteiger partial charge in [-0.3, -0.25) is 14.6 Å². The largest absolute Gasteiger partial charge is 0.468 e. The number of likely N-dealkylation sites (N-methyl/N-ethyl adjacent to an activating group) is 1. The fourth-order valence-corrected chi connectivity index (χ4v) is 2.95. The summed E-state index contributed by atoms with van der Waals surface area (Å²) in [6.45, 7) is 14.2. The molecule has 1 saturated heterocycles. The molecule has 1 fully saturated rings. The van der Waals surface area contributed by atoms with Crippen molar-refractivity contribution in [1.82, 2.24) is 15.1 Å². The molecule has 5 nitrogen and oxygen atoms in total. The Morgan fingerprint density at radius 2 is 2.10 bits per heavy atom. The molecule has 1 rings (SSSR count). The lowest BCUT2D eigenvalue weighted by Crippen LogP contribution is -2.61. The molecule has 0 aliphatic carbocycles. The van der Waals surface area contributed by atoms with Crippen LogP contribution >= 0.6 is 0 Å². The molecule has 0 amide bonds. The minimum Gasteiger partial charge on any atom is -0.468 e. The average molecular weight is 285 g/mol. The minimum absolute atomic E-state index is 0.170. The zero-order chi connectivity index (χ0) is 15.2. The van der Waals surface area contributed by atoms with E-state index in [2.05, 4.69) is 35.9 Å². The van der Waals surface area contributed by atoms with Gasteiger partial charge in [-0.25, -0.2) is 0 Å². The first kappa shape index (κ1) is 17.4. The lowest BCUT2D eigenvalue weighted by molar-refractivity contribution is -0.149. The van der Waals surface area contributed by atoms with Crippen molar-refractivity contribution in [3.8, 4) is 0 Å². The topological polar surface area (TPSA) is 44.8 Å². The highest BCUT2D eigenvalue weighted by Crippen LogP contribution is 2.15. The van der Waals surface area contributed by atoms with Crippen LogP contribution in [-0.4, -0.2) is 73.7 Å². The predicted octanol–water partition coefficient (Wildman–Crippen LogP) is 0.944. The van der Waals surface area contributed by atoms with E-state index in [4.69, 9.17) is 4.74 Å². The van der Waals surface area contributed by atoms with Crippen molar-refractivity contribution in [2.45, 2.75) is 45.7 Å². The molecular formula is C15H31N3O2. The number of hydrogen-bond acceptors (Lipinski definition) is 5. The maximum absolute atomic E-state index is 12.1. The van der Waals surface area contributed by atoms with E-state index in [1.807, 2.05) is 6.92 Å². The van der Waals surface area contributed by atoms with E-state index in [1.54, 1.807) is 0 Å². The van der Waals surface area contributed by atoms with Gasteiger partial charge in [0.05, 0.1) is 7.11 Å². The Morgan fingerprint density at radius 1 is 1.40 bits per heavy atom. The number of piperazine rings is 1. The molecule has 20 heavy (non-hydrogen) atoms. The molecule has 0 saturated carbocycles. The van der Waals surface area contributed by atoms with Crippen LogP contribution in [0.1, 0.15) is 34.1 Å². The number of carbonyl (C=O) groups is 1. The zero-order valence-electron chi connectivity index (χ0n) is 13.7. The lowest BCUT2D eigenvalue weighted by Gasteiger charge is -2.42. The summed E-state index contributed by atoms with van der Waals surface area (Å²) < 4.78 is 4.98. The number of methoxy groups -OCH3 is 1. The van der Waals surface area contributed by atoms with Crippen molar-refractivity contribution < 1.29 is 9.53 Å². The highest BCUT2D eigenvalue weighted by molar-refractivity contribution is 5.80. The normalized spacial score (nSPS) is 24.4. The van der Waals surface area contributed by atoms with Gasteiger partial charge in [0.25, 0.3) is 0 Å². The van der Waals surface area contributed by atoms with Crippen LogP contribution in [0.25, 0.3) is 0 Å². The van der Waals surface area contributed by atoms with Gasteiger partial charge in [-0.05, 0) is 33.4 Å². The van der Waals surface area contributed by atoms with Gasteiger partial charge in [-0.1, -0.05) is 13.8 Å². The molecular weight excluding hydrogens is 254 g/mol. The minimum atomic E-state index is -0.612. The van der Waals surface area contributed by atoms with Gasteiger partial charge in [-0.2, -0.15) is 0 Å². The van der Waals surface area contributed by atoms with E-state index in [9.17, 15) is 4.79 Å². The van der Waals surface area contributed by atoms with Crippen molar-refractivity contribution in [2.24, 2.45) is 0 Å². The number of nitrogens with zero attached hydrogens (tertiary/aromatic N) is 2. The van der Waals surface area contributed by atoms with Crippen molar-refractivity contribution in [2.75, 3.05) is 46.4 Å². The first-order valence-electron chi connectivity index (χ1n) is 7.76. The van der Waals surface area contributed by atoms with E-state index in [1.165, 1.54) is 7.11 Å². The third kappa shape index (κ3) is 4.43. The second kappa shape index (κ2) is 7.96. The molecule has 1 heterocycles. The van der Waals surface area contributed by atoms with E-state index in [0.29, 0.717) is 12.6 Å². The van der Waals surface area contributed by atoms with Crippen LogP contribution < -0.4 is 5.32 Å². The van der Waals surface area contributed by atoms with Gasteiger partial charge < -0.3 is 10.1 Å². The summed E-state index contributed by atoms with van der Waals surface area (Å²) in [6.07, 6.45) is 1.01. The maximum atomic E-state index is 12.1. The Balaban J connectivity index is 2.64. The standard InChI is InChI=1S/C15H31N3O2/c1-6-8-16-15(4,14(19)20-5)12-17-9-10-18(7-2)13(3)11-17/h13,16H,6-12H2,1-5H3. The van der Waals surface area contributed by atoms with Gasteiger partial charge in [0.15, 0.2) is 0 Å². The fraction of sp³-hybridized carbons (Fsp3) is 0.933. The van der Waals surface area contributed by atoms with Crippen LogP contribution in [0.4, 0.5) is 0 Å². The number of ether oxygens (including phenoxy) is 1.